The molecule has 33 heavy (non-hydrogen) atoms. The van der Waals surface area contributed by atoms with E-state index in [0.29, 0.717) is 0 Å². The van der Waals surface area contributed by atoms with Gasteiger partial charge in [0.15, 0.2) is 46.5 Å². The fourth-order valence-corrected chi connectivity index (χ4v) is 3.19. The Morgan fingerprint density at radius 3 is 1.33 bits per heavy atom. The van der Waals surface area contributed by atoms with Gasteiger partial charge >= 0.3 is 5.97 Å². The van der Waals surface area contributed by atoms with Crippen LogP contribution >= 0.6 is 0 Å². The minimum Gasteiger partial charge on any atom is -0.466 e. The van der Waals surface area contributed by atoms with Gasteiger partial charge in [0, 0.05) is 6.42 Å². The van der Waals surface area contributed by atoms with Gasteiger partial charge in [-0.1, -0.05) is 0 Å². The number of carbonyl (C=O) groups is 1. The summed E-state index contributed by atoms with van der Waals surface area (Å²) in [6, 6.07) is 0. The van der Waals surface area contributed by atoms with E-state index in [1.165, 1.54) is 6.92 Å². The molecule has 2 aromatic carbocycles. The zero-order valence-electron chi connectivity index (χ0n) is 16.6. The van der Waals surface area contributed by atoms with Crippen molar-refractivity contribution in [3.8, 4) is 0 Å². The molecule has 2 rings (SSSR count). The molecule has 0 atom stereocenters. The maximum atomic E-state index is 14.4. The zero-order valence-corrected chi connectivity index (χ0v) is 16.6. The number of unbranched alkanes of at least 4 members (excludes halogenated alkanes) is 1. The van der Waals surface area contributed by atoms with Crippen molar-refractivity contribution >= 4 is 5.97 Å². The standard InChI is InChI=1S/C20H14F10O3/c1-2-33-7(31)5-3-4-6-20(32,8-10(21)14(25)18(29)15(26)11(8)22)9-12(23)16(27)19(30)17(28)13(9)24/h32H,2-6H2,1H3. The summed E-state index contributed by atoms with van der Waals surface area (Å²) in [5, 5.41) is 10.8. The lowest BCUT2D eigenvalue weighted by Crippen LogP contribution is -2.35. The van der Waals surface area contributed by atoms with E-state index < -0.39 is 100 Å². The van der Waals surface area contributed by atoms with Crippen LogP contribution in [-0.2, 0) is 15.1 Å². The van der Waals surface area contributed by atoms with Crippen molar-refractivity contribution in [1.29, 1.82) is 0 Å². The molecule has 0 saturated heterocycles. The average molecular weight is 492 g/mol. The molecule has 0 aliphatic heterocycles. The van der Waals surface area contributed by atoms with Gasteiger partial charge in [0.1, 0.15) is 5.60 Å². The Morgan fingerprint density at radius 1 is 0.667 bits per heavy atom. The lowest BCUT2D eigenvalue weighted by atomic mass is 9.80. The quantitative estimate of drug-likeness (QED) is 0.176. The van der Waals surface area contributed by atoms with E-state index in [0.717, 1.165) is 0 Å². The fraction of sp³-hybridized carbons (Fsp3) is 0.350. The third kappa shape index (κ3) is 4.63. The van der Waals surface area contributed by atoms with E-state index in [-0.39, 0.29) is 13.0 Å². The zero-order chi connectivity index (χ0) is 25.2. The van der Waals surface area contributed by atoms with Crippen molar-refractivity contribution in [2.45, 2.75) is 38.2 Å². The summed E-state index contributed by atoms with van der Waals surface area (Å²) in [5.74, 6) is -27.7. The summed E-state index contributed by atoms with van der Waals surface area (Å²) in [6.07, 6.45) is -2.62. The highest BCUT2D eigenvalue weighted by atomic mass is 19.2. The fourth-order valence-electron chi connectivity index (χ4n) is 3.19. The van der Waals surface area contributed by atoms with Crippen LogP contribution in [-0.4, -0.2) is 17.7 Å². The molecule has 0 bridgehead atoms. The maximum Gasteiger partial charge on any atom is 0.305 e. The van der Waals surface area contributed by atoms with Gasteiger partial charge in [0.2, 0.25) is 11.6 Å². The van der Waals surface area contributed by atoms with Crippen LogP contribution in [0.15, 0.2) is 0 Å². The number of hydrogen-bond acceptors (Lipinski definition) is 3. The first kappa shape index (κ1) is 26.4. The second-order valence-electron chi connectivity index (χ2n) is 6.76. The lowest BCUT2D eigenvalue weighted by molar-refractivity contribution is -0.143. The SMILES string of the molecule is CCOC(=O)CCCCC(O)(c1c(F)c(F)c(F)c(F)c1F)c1c(F)c(F)c(F)c(F)c1F. The number of carbonyl (C=O) groups excluding carboxylic acids is 1. The maximum absolute atomic E-state index is 14.4. The smallest absolute Gasteiger partial charge is 0.305 e. The number of rotatable bonds is 8. The first-order valence-electron chi connectivity index (χ1n) is 9.22. The van der Waals surface area contributed by atoms with E-state index in [2.05, 4.69) is 4.74 Å². The highest BCUT2D eigenvalue weighted by Crippen LogP contribution is 2.43. The van der Waals surface area contributed by atoms with Crippen LogP contribution in [0.2, 0.25) is 0 Å². The Hall–Kier alpha value is -2.83. The molecule has 3 nitrogen and oxygen atoms in total. The van der Waals surface area contributed by atoms with Gasteiger partial charge in [-0.2, -0.15) is 0 Å². The van der Waals surface area contributed by atoms with Crippen molar-refractivity contribution < 1.29 is 58.5 Å². The Bertz CT molecular complexity index is 959. The first-order valence-corrected chi connectivity index (χ1v) is 9.22. The summed E-state index contributed by atoms with van der Waals surface area (Å²) in [7, 11) is 0. The van der Waals surface area contributed by atoms with E-state index >= 15 is 0 Å². The van der Waals surface area contributed by atoms with Crippen molar-refractivity contribution in [1.82, 2.24) is 0 Å². The second-order valence-corrected chi connectivity index (χ2v) is 6.76. The number of benzene rings is 2. The van der Waals surface area contributed by atoms with Crippen LogP contribution in [0.5, 0.6) is 0 Å². The molecule has 13 heteroatoms. The summed E-state index contributed by atoms with van der Waals surface area (Å²) >= 11 is 0. The number of esters is 1. The summed E-state index contributed by atoms with van der Waals surface area (Å²) < 4.78 is 144. The topological polar surface area (TPSA) is 46.5 Å². The molecule has 0 saturated carbocycles. The third-order valence-electron chi connectivity index (χ3n) is 4.72. The summed E-state index contributed by atoms with van der Waals surface area (Å²) in [5.41, 5.74) is -8.36. The van der Waals surface area contributed by atoms with Crippen LogP contribution in [0.3, 0.4) is 0 Å². The van der Waals surface area contributed by atoms with Crippen LogP contribution in [0.25, 0.3) is 0 Å². The van der Waals surface area contributed by atoms with Gasteiger partial charge in [0.05, 0.1) is 17.7 Å². The van der Waals surface area contributed by atoms with Crippen LogP contribution in [0.4, 0.5) is 43.9 Å². The summed E-state index contributed by atoms with van der Waals surface area (Å²) in [4.78, 5) is 11.4. The van der Waals surface area contributed by atoms with Crippen molar-refractivity contribution in [2.24, 2.45) is 0 Å². The minimum atomic E-state index is -3.91. The Balaban J connectivity index is 2.75. The summed E-state index contributed by atoms with van der Waals surface area (Å²) in [6.45, 7) is 1.43. The predicted octanol–water partition coefficient (Wildman–Crippen LogP) is 5.44. The third-order valence-corrected chi connectivity index (χ3v) is 4.72. The lowest BCUT2D eigenvalue weighted by Gasteiger charge is -2.31. The predicted molar refractivity (Wildman–Crippen MR) is 90.6 cm³/mol. The number of ether oxygens (including phenoxy) is 1. The molecular weight excluding hydrogens is 478 g/mol. The van der Waals surface area contributed by atoms with Gasteiger partial charge in [0.25, 0.3) is 0 Å². The van der Waals surface area contributed by atoms with Crippen molar-refractivity contribution in [3.05, 3.63) is 69.3 Å². The van der Waals surface area contributed by atoms with Gasteiger partial charge in [-0.3, -0.25) is 4.79 Å². The molecule has 0 spiro atoms. The molecule has 182 valence electrons. The highest BCUT2D eigenvalue weighted by molar-refractivity contribution is 5.69. The van der Waals surface area contributed by atoms with Gasteiger partial charge in [-0.25, -0.2) is 43.9 Å². The van der Waals surface area contributed by atoms with E-state index in [9.17, 15) is 53.8 Å². The molecule has 0 aliphatic carbocycles. The molecular formula is C20H14F10O3. The molecule has 0 aromatic heterocycles. The normalized spacial score (nSPS) is 11.8. The van der Waals surface area contributed by atoms with E-state index in [1.807, 2.05) is 0 Å². The average Bonchev–Trinajstić information content (AvgIpc) is 2.77. The number of halogens is 10. The molecule has 0 aliphatic rings. The molecule has 1 N–H and O–H groups in total. The minimum absolute atomic E-state index is 0.0299. The highest BCUT2D eigenvalue weighted by Gasteiger charge is 2.46. The van der Waals surface area contributed by atoms with Crippen LogP contribution in [0, 0.1) is 58.2 Å². The number of hydrogen-bond donors (Lipinski definition) is 1. The Labute approximate surface area is 179 Å². The largest absolute Gasteiger partial charge is 0.466 e. The molecule has 0 unspecified atom stereocenters. The van der Waals surface area contributed by atoms with Crippen LogP contribution < -0.4 is 0 Å². The van der Waals surface area contributed by atoms with Crippen LogP contribution in [0.1, 0.15) is 43.7 Å². The molecule has 0 heterocycles. The van der Waals surface area contributed by atoms with Crippen molar-refractivity contribution in [2.75, 3.05) is 6.61 Å². The Morgan fingerprint density at radius 2 is 1.00 bits per heavy atom. The monoisotopic (exact) mass is 492 g/mol. The Kier molecular flexibility index (Phi) is 7.99. The molecule has 0 amide bonds. The van der Waals surface area contributed by atoms with Gasteiger partial charge in [-0.15, -0.1) is 0 Å². The van der Waals surface area contributed by atoms with Gasteiger partial charge in [-0.05, 0) is 26.2 Å². The van der Waals surface area contributed by atoms with Crippen molar-refractivity contribution in [3.63, 3.8) is 0 Å². The first-order chi connectivity index (χ1) is 15.3. The van der Waals surface area contributed by atoms with E-state index in [4.69, 9.17) is 0 Å². The number of aliphatic hydroxyl groups is 1. The molecule has 2 aromatic rings. The molecule has 0 fully saturated rings. The van der Waals surface area contributed by atoms with Gasteiger partial charge < -0.3 is 9.84 Å². The molecule has 0 radical (unpaired) electrons. The second kappa shape index (κ2) is 9.98. The van der Waals surface area contributed by atoms with E-state index in [1.54, 1.807) is 0 Å².